The second-order valence-corrected chi connectivity index (χ2v) is 7.59. The molecule has 2 amide bonds. The van der Waals surface area contributed by atoms with Crippen molar-refractivity contribution >= 4 is 11.8 Å². The summed E-state index contributed by atoms with van der Waals surface area (Å²) in [7, 11) is 1.60. The lowest BCUT2D eigenvalue weighted by Gasteiger charge is -2.41. The normalized spacial score (nSPS) is 18.4. The van der Waals surface area contributed by atoms with Crippen molar-refractivity contribution in [1.82, 2.24) is 15.2 Å². The highest BCUT2D eigenvalue weighted by Gasteiger charge is 2.45. The van der Waals surface area contributed by atoms with Gasteiger partial charge >= 0.3 is 0 Å². The number of morpholine rings is 1. The number of nitrogens with zero attached hydrogens (tertiary/aromatic N) is 2. The number of carbonyl (C=O) groups excluding carboxylic acids is 2. The van der Waals surface area contributed by atoms with Crippen molar-refractivity contribution in [1.29, 1.82) is 0 Å². The van der Waals surface area contributed by atoms with Crippen molar-refractivity contribution in [2.24, 2.45) is 0 Å². The maximum absolute atomic E-state index is 13.1. The van der Waals surface area contributed by atoms with Crippen LogP contribution in [0.25, 0.3) is 11.1 Å². The second kappa shape index (κ2) is 9.10. The Balaban J connectivity index is 1.67. The third-order valence-electron chi connectivity index (χ3n) is 5.60. The second-order valence-electron chi connectivity index (χ2n) is 7.59. The lowest BCUT2D eigenvalue weighted by molar-refractivity contribution is -0.156. The van der Waals surface area contributed by atoms with Crippen LogP contribution in [0.15, 0.2) is 79.1 Å². The first-order valence-corrected chi connectivity index (χ1v) is 10.3. The van der Waals surface area contributed by atoms with E-state index in [1.807, 2.05) is 54.6 Å². The summed E-state index contributed by atoms with van der Waals surface area (Å²) in [5.74, 6) is -0.336. The van der Waals surface area contributed by atoms with Gasteiger partial charge in [-0.15, -0.1) is 0 Å². The molecule has 1 unspecified atom stereocenters. The standard InChI is InChI=1S/C25H25N3O3/c1-26-24(30)25(16-20-10-5-6-12-22(20)21-11-7-13-27-17-21)18-28(14-15-31-25)23(29)19-8-3-2-4-9-19/h2-13,17H,14-16,18H2,1H3,(H,26,30). The SMILES string of the molecule is CNC(=O)C1(Cc2ccccc2-c2cccnc2)CN(C(=O)c2ccccc2)CCO1. The molecule has 1 saturated heterocycles. The molecule has 1 aliphatic heterocycles. The predicted octanol–water partition coefficient (Wildman–Crippen LogP) is 2.95. The first-order chi connectivity index (χ1) is 15.1. The smallest absolute Gasteiger partial charge is 0.254 e. The van der Waals surface area contributed by atoms with Crippen LogP contribution in [0.3, 0.4) is 0 Å². The zero-order chi connectivity index (χ0) is 21.7. The van der Waals surface area contributed by atoms with Gasteiger partial charge in [-0.2, -0.15) is 0 Å². The summed E-state index contributed by atoms with van der Waals surface area (Å²) in [4.78, 5) is 32.1. The highest BCUT2D eigenvalue weighted by molar-refractivity contribution is 5.95. The molecule has 1 N–H and O–H groups in total. The van der Waals surface area contributed by atoms with Crippen molar-refractivity contribution in [2.75, 3.05) is 26.7 Å². The van der Waals surface area contributed by atoms with E-state index in [0.29, 0.717) is 25.1 Å². The Labute approximate surface area is 181 Å². The summed E-state index contributed by atoms with van der Waals surface area (Å²) < 4.78 is 6.11. The van der Waals surface area contributed by atoms with Gasteiger partial charge in [0.25, 0.3) is 11.8 Å². The summed E-state index contributed by atoms with van der Waals surface area (Å²) in [6, 6.07) is 20.9. The Morgan fingerprint density at radius 2 is 1.84 bits per heavy atom. The van der Waals surface area contributed by atoms with Crippen LogP contribution in [0.5, 0.6) is 0 Å². The minimum absolute atomic E-state index is 0.0993. The Morgan fingerprint density at radius 3 is 2.58 bits per heavy atom. The molecule has 3 aromatic rings. The van der Waals surface area contributed by atoms with E-state index in [9.17, 15) is 9.59 Å². The molecule has 4 rings (SSSR count). The highest BCUT2D eigenvalue weighted by Crippen LogP contribution is 2.30. The Bertz CT molecular complexity index is 1060. The molecule has 0 radical (unpaired) electrons. The molecule has 158 valence electrons. The summed E-state index contributed by atoms with van der Waals surface area (Å²) in [6.07, 6.45) is 3.88. The van der Waals surface area contributed by atoms with Gasteiger partial charge < -0.3 is 15.0 Å². The molecule has 2 heterocycles. The Morgan fingerprint density at radius 1 is 1.06 bits per heavy atom. The molecule has 2 aromatic carbocycles. The summed E-state index contributed by atoms with van der Waals surface area (Å²) in [5.41, 5.74) is 2.36. The zero-order valence-electron chi connectivity index (χ0n) is 17.5. The van der Waals surface area contributed by atoms with Gasteiger partial charge in [0, 0.05) is 43.5 Å². The largest absolute Gasteiger partial charge is 0.361 e. The van der Waals surface area contributed by atoms with Gasteiger partial charge in [-0.1, -0.05) is 48.5 Å². The summed E-state index contributed by atoms with van der Waals surface area (Å²) >= 11 is 0. The number of likely N-dealkylation sites (N-methyl/N-ethyl adjacent to an activating group) is 1. The zero-order valence-corrected chi connectivity index (χ0v) is 17.5. The monoisotopic (exact) mass is 415 g/mol. The molecule has 6 nitrogen and oxygen atoms in total. The van der Waals surface area contributed by atoms with E-state index in [0.717, 1.165) is 16.7 Å². The number of pyridine rings is 1. The number of aromatic nitrogens is 1. The average molecular weight is 415 g/mol. The number of carbonyl (C=O) groups is 2. The molecule has 0 aliphatic carbocycles. The molecule has 31 heavy (non-hydrogen) atoms. The van der Waals surface area contributed by atoms with Crippen LogP contribution in [-0.4, -0.2) is 54.0 Å². The number of rotatable bonds is 5. The topological polar surface area (TPSA) is 71.5 Å². The maximum Gasteiger partial charge on any atom is 0.254 e. The van der Waals surface area contributed by atoms with Crippen molar-refractivity contribution in [3.8, 4) is 11.1 Å². The highest BCUT2D eigenvalue weighted by atomic mass is 16.5. The van der Waals surface area contributed by atoms with Crippen molar-refractivity contribution in [2.45, 2.75) is 12.0 Å². The van der Waals surface area contributed by atoms with Crippen LogP contribution < -0.4 is 5.32 Å². The van der Waals surface area contributed by atoms with Gasteiger partial charge in [0.05, 0.1) is 13.2 Å². The fraction of sp³-hybridized carbons (Fsp3) is 0.240. The fourth-order valence-electron chi connectivity index (χ4n) is 4.06. The molecule has 0 spiro atoms. The lowest BCUT2D eigenvalue weighted by Crippen LogP contribution is -2.61. The maximum atomic E-state index is 13.1. The average Bonchev–Trinajstić information content (AvgIpc) is 2.84. The number of hydrogen-bond acceptors (Lipinski definition) is 4. The number of ether oxygens (including phenoxy) is 1. The third-order valence-corrected chi connectivity index (χ3v) is 5.60. The van der Waals surface area contributed by atoms with E-state index in [1.165, 1.54) is 0 Å². The molecule has 1 atom stereocenters. The first kappa shape index (κ1) is 20.8. The fourth-order valence-corrected chi connectivity index (χ4v) is 4.06. The predicted molar refractivity (Wildman–Crippen MR) is 118 cm³/mol. The summed E-state index contributed by atoms with van der Waals surface area (Å²) in [6.45, 7) is 0.916. The molecule has 0 saturated carbocycles. The van der Waals surface area contributed by atoms with Crippen LogP contribution in [0, 0.1) is 0 Å². The van der Waals surface area contributed by atoms with Crippen LogP contribution in [0.1, 0.15) is 15.9 Å². The Kier molecular flexibility index (Phi) is 6.09. The van der Waals surface area contributed by atoms with Gasteiger partial charge in [0.2, 0.25) is 0 Å². The first-order valence-electron chi connectivity index (χ1n) is 10.3. The lowest BCUT2D eigenvalue weighted by atomic mass is 9.87. The van der Waals surface area contributed by atoms with E-state index >= 15 is 0 Å². The van der Waals surface area contributed by atoms with Gasteiger partial charge in [-0.05, 0) is 29.3 Å². The molecule has 6 heteroatoms. The van der Waals surface area contributed by atoms with Crippen LogP contribution in [0.4, 0.5) is 0 Å². The molecule has 1 aliphatic rings. The van der Waals surface area contributed by atoms with Gasteiger partial charge in [0.1, 0.15) is 0 Å². The molecular weight excluding hydrogens is 390 g/mol. The Hall–Kier alpha value is -3.51. The number of amides is 2. The van der Waals surface area contributed by atoms with Crippen molar-refractivity contribution in [3.05, 3.63) is 90.3 Å². The molecular formula is C25H25N3O3. The van der Waals surface area contributed by atoms with Crippen LogP contribution >= 0.6 is 0 Å². The van der Waals surface area contributed by atoms with E-state index < -0.39 is 5.60 Å². The molecule has 1 aromatic heterocycles. The van der Waals surface area contributed by atoms with Crippen LogP contribution in [0.2, 0.25) is 0 Å². The number of benzene rings is 2. The van der Waals surface area contributed by atoms with Gasteiger partial charge in [-0.3, -0.25) is 14.6 Å². The van der Waals surface area contributed by atoms with E-state index in [4.69, 9.17) is 4.74 Å². The number of hydrogen-bond donors (Lipinski definition) is 1. The minimum Gasteiger partial charge on any atom is -0.361 e. The van der Waals surface area contributed by atoms with E-state index in [-0.39, 0.29) is 18.4 Å². The van der Waals surface area contributed by atoms with Crippen molar-refractivity contribution < 1.29 is 14.3 Å². The third kappa shape index (κ3) is 4.34. The minimum atomic E-state index is -1.17. The van der Waals surface area contributed by atoms with Crippen molar-refractivity contribution in [3.63, 3.8) is 0 Å². The van der Waals surface area contributed by atoms with Gasteiger partial charge in [0.15, 0.2) is 5.60 Å². The molecule has 0 bridgehead atoms. The molecule has 1 fully saturated rings. The van der Waals surface area contributed by atoms with Gasteiger partial charge in [-0.25, -0.2) is 0 Å². The quantitative estimate of drug-likeness (QED) is 0.696. The van der Waals surface area contributed by atoms with E-state index in [1.54, 1.807) is 36.5 Å². The van der Waals surface area contributed by atoms with Crippen LogP contribution in [-0.2, 0) is 16.0 Å². The summed E-state index contributed by atoms with van der Waals surface area (Å²) in [5, 5.41) is 2.74. The van der Waals surface area contributed by atoms with E-state index in [2.05, 4.69) is 10.3 Å². The number of nitrogens with one attached hydrogen (secondary N) is 1.